The summed E-state index contributed by atoms with van der Waals surface area (Å²) >= 11 is 7.46. The predicted molar refractivity (Wildman–Crippen MR) is 102 cm³/mol. The number of para-hydroxylation sites is 1. The topological polar surface area (TPSA) is 38.1 Å². The number of nitrogens with zero attached hydrogens (tertiary/aromatic N) is 3. The monoisotopic (exact) mass is 371 g/mol. The van der Waals surface area contributed by atoms with E-state index in [2.05, 4.69) is 11.7 Å². The van der Waals surface area contributed by atoms with Crippen LogP contribution in [0, 0.1) is 0 Å². The van der Waals surface area contributed by atoms with Crippen LogP contribution in [0.3, 0.4) is 0 Å². The Labute approximate surface area is 156 Å². The zero-order valence-corrected chi connectivity index (χ0v) is 15.2. The van der Waals surface area contributed by atoms with Gasteiger partial charge in [0, 0.05) is 17.6 Å². The third-order valence-corrected chi connectivity index (χ3v) is 4.91. The van der Waals surface area contributed by atoms with Gasteiger partial charge in [0.05, 0.1) is 29.2 Å². The average Bonchev–Trinajstić information content (AvgIpc) is 3.24. The van der Waals surface area contributed by atoms with Crippen molar-refractivity contribution >= 4 is 28.8 Å². The molecule has 1 amide bonds. The molecule has 0 atom stereocenters. The number of aromatic nitrogens is 2. The molecule has 0 saturated carbocycles. The first-order chi connectivity index (χ1) is 12.2. The Kier molecular flexibility index (Phi) is 5.68. The summed E-state index contributed by atoms with van der Waals surface area (Å²) < 4.78 is 2.50. The highest BCUT2D eigenvalue weighted by atomic mass is 35.5. The summed E-state index contributed by atoms with van der Waals surface area (Å²) in [5.74, 6) is 0.0389. The largest absolute Gasteiger partial charge is 0.334 e. The van der Waals surface area contributed by atoms with Crippen molar-refractivity contribution in [3.63, 3.8) is 0 Å². The lowest BCUT2D eigenvalue weighted by atomic mass is 10.2. The molecule has 128 valence electrons. The highest BCUT2D eigenvalue weighted by Gasteiger charge is 2.15. The summed E-state index contributed by atoms with van der Waals surface area (Å²) in [5.41, 5.74) is 1.85. The zero-order chi connectivity index (χ0) is 17.6. The predicted octanol–water partition coefficient (Wildman–Crippen LogP) is 4.34. The standard InChI is InChI=1S/C19H18ClN3OS/c1-2-10-22(14-17-8-9-18(20)25-17)19(24)11-15-12-21-23(13-15)16-6-4-3-5-7-16/h2-9,12-13H,1,10-11,14H2. The molecule has 0 fully saturated rings. The zero-order valence-electron chi connectivity index (χ0n) is 13.6. The van der Waals surface area contributed by atoms with E-state index in [9.17, 15) is 4.79 Å². The molecule has 3 rings (SSSR count). The van der Waals surface area contributed by atoms with Crippen LogP contribution in [-0.2, 0) is 17.8 Å². The summed E-state index contributed by atoms with van der Waals surface area (Å²) in [4.78, 5) is 15.5. The van der Waals surface area contributed by atoms with E-state index in [4.69, 9.17) is 11.6 Å². The minimum Gasteiger partial charge on any atom is -0.334 e. The fourth-order valence-electron chi connectivity index (χ4n) is 2.49. The van der Waals surface area contributed by atoms with Gasteiger partial charge in [-0.05, 0) is 29.8 Å². The van der Waals surface area contributed by atoms with Gasteiger partial charge in [0.2, 0.25) is 5.91 Å². The third kappa shape index (κ3) is 4.59. The van der Waals surface area contributed by atoms with Crippen LogP contribution in [0.25, 0.3) is 5.69 Å². The molecule has 4 nitrogen and oxygen atoms in total. The summed E-state index contributed by atoms with van der Waals surface area (Å²) in [6.07, 6.45) is 5.67. The van der Waals surface area contributed by atoms with E-state index < -0.39 is 0 Å². The van der Waals surface area contributed by atoms with Crippen LogP contribution in [0.15, 0.2) is 67.5 Å². The van der Waals surface area contributed by atoms with Crippen molar-refractivity contribution in [3.05, 3.63) is 82.3 Å². The van der Waals surface area contributed by atoms with Crippen molar-refractivity contribution in [3.8, 4) is 5.69 Å². The Morgan fingerprint density at radius 3 is 2.76 bits per heavy atom. The molecule has 1 aromatic carbocycles. The molecular weight excluding hydrogens is 354 g/mol. The van der Waals surface area contributed by atoms with Gasteiger partial charge in [-0.25, -0.2) is 4.68 Å². The van der Waals surface area contributed by atoms with E-state index in [0.717, 1.165) is 20.5 Å². The van der Waals surface area contributed by atoms with Gasteiger partial charge >= 0.3 is 0 Å². The van der Waals surface area contributed by atoms with Crippen molar-refractivity contribution in [2.75, 3.05) is 6.54 Å². The van der Waals surface area contributed by atoms with Crippen LogP contribution in [0.4, 0.5) is 0 Å². The number of carbonyl (C=O) groups is 1. The highest BCUT2D eigenvalue weighted by Crippen LogP contribution is 2.23. The molecule has 0 bridgehead atoms. The number of amides is 1. The maximum atomic E-state index is 12.7. The van der Waals surface area contributed by atoms with Crippen LogP contribution in [0.5, 0.6) is 0 Å². The second kappa shape index (κ2) is 8.14. The van der Waals surface area contributed by atoms with Gasteiger partial charge in [0.15, 0.2) is 0 Å². The molecule has 0 radical (unpaired) electrons. The second-order valence-electron chi connectivity index (χ2n) is 5.57. The highest BCUT2D eigenvalue weighted by molar-refractivity contribution is 7.16. The van der Waals surface area contributed by atoms with Gasteiger partial charge in [-0.15, -0.1) is 17.9 Å². The van der Waals surface area contributed by atoms with E-state index >= 15 is 0 Å². The van der Waals surface area contributed by atoms with Crippen molar-refractivity contribution in [1.29, 1.82) is 0 Å². The van der Waals surface area contributed by atoms with Crippen LogP contribution < -0.4 is 0 Å². The fourth-order valence-corrected chi connectivity index (χ4v) is 3.60. The number of rotatable bonds is 7. The van der Waals surface area contributed by atoms with Gasteiger partial charge < -0.3 is 4.90 Å². The van der Waals surface area contributed by atoms with Gasteiger partial charge in [-0.3, -0.25) is 4.79 Å². The third-order valence-electron chi connectivity index (χ3n) is 3.69. The number of hydrogen-bond acceptors (Lipinski definition) is 3. The van der Waals surface area contributed by atoms with E-state index in [-0.39, 0.29) is 5.91 Å². The molecule has 0 N–H and O–H groups in total. The molecule has 0 aliphatic rings. The molecule has 0 aliphatic heterocycles. The summed E-state index contributed by atoms with van der Waals surface area (Å²) in [6.45, 7) is 4.79. The van der Waals surface area contributed by atoms with Crippen LogP contribution >= 0.6 is 22.9 Å². The molecule has 25 heavy (non-hydrogen) atoms. The van der Waals surface area contributed by atoms with Gasteiger partial charge in [-0.1, -0.05) is 35.9 Å². The number of hydrogen-bond donors (Lipinski definition) is 0. The molecule has 2 aromatic heterocycles. The molecule has 0 saturated heterocycles. The molecule has 6 heteroatoms. The normalized spacial score (nSPS) is 10.6. The number of benzene rings is 1. The lowest BCUT2D eigenvalue weighted by molar-refractivity contribution is -0.130. The van der Waals surface area contributed by atoms with Gasteiger partial charge in [-0.2, -0.15) is 5.10 Å². The lowest BCUT2D eigenvalue weighted by Gasteiger charge is -2.20. The Balaban J connectivity index is 1.68. The van der Waals surface area contributed by atoms with E-state index in [1.54, 1.807) is 21.9 Å². The SMILES string of the molecule is C=CCN(Cc1ccc(Cl)s1)C(=O)Cc1cnn(-c2ccccc2)c1. The van der Waals surface area contributed by atoms with E-state index in [1.807, 2.05) is 48.7 Å². The maximum Gasteiger partial charge on any atom is 0.227 e. The Hall–Kier alpha value is -2.37. The van der Waals surface area contributed by atoms with Crippen LogP contribution in [-0.4, -0.2) is 27.1 Å². The first kappa shape index (κ1) is 17.5. The molecule has 0 spiro atoms. The maximum absolute atomic E-state index is 12.7. The fraction of sp³-hybridized carbons (Fsp3) is 0.158. The smallest absolute Gasteiger partial charge is 0.227 e. The Morgan fingerprint density at radius 2 is 2.08 bits per heavy atom. The quantitative estimate of drug-likeness (QED) is 0.579. The van der Waals surface area contributed by atoms with E-state index in [0.29, 0.717) is 19.5 Å². The van der Waals surface area contributed by atoms with Crippen LogP contribution in [0.1, 0.15) is 10.4 Å². The Bertz CT molecular complexity index is 856. The first-order valence-corrected chi connectivity index (χ1v) is 9.07. The minimum absolute atomic E-state index is 0.0389. The molecule has 0 unspecified atom stereocenters. The van der Waals surface area contributed by atoms with Gasteiger partial charge in [0.1, 0.15) is 0 Å². The van der Waals surface area contributed by atoms with Crippen LogP contribution in [0.2, 0.25) is 4.34 Å². The lowest BCUT2D eigenvalue weighted by Crippen LogP contribution is -2.31. The van der Waals surface area contributed by atoms with Crippen molar-refractivity contribution in [2.24, 2.45) is 0 Å². The summed E-state index contributed by atoms with van der Waals surface area (Å²) in [6, 6.07) is 13.6. The second-order valence-corrected chi connectivity index (χ2v) is 7.37. The number of thiophene rings is 1. The number of carbonyl (C=O) groups excluding carboxylic acids is 1. The molecule has 2 heterocycles. The summed E-state index contributed by atoms with van der Waals surface area (Å²) in [5, 5.41) is 4.34. The van der Waals surface area contributed by atoms with Crippen molar-refractivity contribution in [2.45, 2.75) is 13.0 Å². The number of halogens is 1. The van der Waals surface area contributed by atoms with Gasteiger partial charge in [0.25, 0.3) is 0 Å². The Morgan fingerprint density at radius 1 is 1.28 bits per heavy atom. The van der Waals surface area contributed by atoms with Crippen molar-refractivity contribution < 1.29 is 4.79 Å². The average molecular weight is 372 g/mol. The molecule has 3 aromatic rings. The van der Waals surface area contributed by atoms with Crippen molar-refractivity contribution in [1.82, 2.24) is 14.7 Å². The minimum atomic E-state index is 0.0389. The molecular formula is C19H18ClN3OS. The molecule has 0 aliphatic carbocycles. The van der Waals surface area contributed by atoms with E-state index in [1.165, 1.54) is 11.3 Å². The summed E-state index contributed by atoms with van der Waals surface area (Å²) in [7, 11) is 0. The first-order valence-electron chi connectivity index (χ1n) is 7.87.